The van der Waals surface area contributed by atoms with Gasteiger partial charge in [-0.1, -0.05) is 6.42 Å². The van der Waals surface area contributed by atoms with Gasteiger partial charge in [-0.25, -0.2) is 4.39 Å². The van der Waals surface area contributed by atoms with Gasteiger partial charge in [-0.15, -0.1) is 0 Å². The van der Waals surface area contributed by atoms with Crippen molar-refractivity contribution in [1.82, 2.24) is 4.98 Å². The molecule has 1 aromatic carbocycles. The number of aryl methyl sites for hydroxylation is 1. The van der Waals surface area contributed by atoms with E-state index in [1.807, 2.05) is 6.92 Å². The van der Waals surface area contributed by atoms with E-state index in [4.69, 9.17) is 0 Å². The number of hydrogen-bond acceptors (Lipinski definition) is 1. The van der Waals surface area contributed by atoms with Crippen LogP contribution in [0.1, 0.15) is 36.4 Å². The van der Waals surface area contributed by atoms with Gasteiger partial charge < -0.3 is 0 Å². The Morgan fingerprint density at radius 1 is 1.25 bits per heavy atom. The number of nitrogens with zero attached hydrogens (tertiary/aromatic N) is 1. The zero-order valence-electron chi connectivity index (χ0n) is 9.33. The molecule has 0 unspecified atom stereocenters. The number of fused-ring (bicyclic) bond motifs is 1. The first-order chi connectivity index (χ1) is 7.74. The summed E-state index contributed by atoms with van der Waals surface area (Å²) in [6.45, 7) is 2.03. The van der Waals surface area contributed by atoms with Gasteiger partial charge >= 0.3 is 0 Å². The molecule has 2 aromatic rings. The molecule has 3 rings (SSSR count). The van der Waals surface area contributed by atoms with Crippen LogP contribution < -0.4 is 0 Å². The van der Waals surface area contributed by atoms with Crippen molar-refractivity contribution in [3.63, 3.8) is 0 Å². The lowest BCUT2D eigenvalue weighted by Gasteiger charge is -2.25. The summed E-state index contributed by atoms with van der Waals surface area (Å²) in [4.78, 5) is 4.63. The van der Waals surface area contributed by atoms with E-state index in [-0.39, 0.29) is 5.82 Å². The molecule has 0 amide bonds. The first-order valence-electron chi connectivity index (χ1n) is 5.81. The van der Waals surface area contributed by atoms with Crippen LogP contribution in [-0.4, -0.2) is 4.98 Å². The van der Waals surface area contributed by atoms with Crippen LogP contribution in [0.5, 0.6) is 0 Å². The Morgan fingerprint density at radius 3 is 2.75 bits per heavy atom. The molecule has 1 aliphatic carbocycles. The van der Waals surface area contributed by atoms with Crippen molar-refractivity contribution in [2.24, 2.45) is 0 Å². The number of aromatic nitrogens is 1. The number of hydrogen-bond donors (Lipinski definition) is 0. The highest BCUT2D eigenvalue weighted by atomic mass is 19.1. The van der Waals surface area contributed by atoms with Gasteiger partial charge in [0.05, 0.1) is 5.52 Å². The van der Waals surface area contributed by atoms with E-state index in [1.54, 1.807) is 12.1 Å². The minimum Gasteiger partial charge on any atom is -0.253 e. The Morgan fingerprint density at radius 2 is 2.06 bits per heavy atom. The van der Waals surface area contributed by atoms with Crippen molar-refractivity contribution >= 4 is 10.9 Å². The van der Waals surface area contributed by atoms with Gasteiger partial charge in [0.2, 0.25) is 0 Å². The normalized spacial score (nSPS) is 16.4. The average Bonchev–Trinajstić information content (AvgIpc) is 2.17. The molecule has 1 aliphatic rings. The standard InChI is InChI=1S/C14H14FN/c1-9-7-14(10-3-2-4-10)16-13-6-5-11(15)8-12(9)13/h5-8,10H,2-4H2,1H3. The predicted molar refractivity (Wildman–Crippen MR) is 63.0 cm³/mol. The van der Waals surface area contributed by atoms with E-state index < -0.39 is 0 Å². The summed E-state index contributed by atoms with van der Waals surface area (Å²) in [5.41, 5.74) is 3.23. The maximum atomic E-state index is 13.1. The third-order valence-corrected chi connectivity index (χ3v) is 3.52. The number of rotatable bonds is 1. The van der Waals surface area contributed by atoms with E-state index in [1.165, 1.54) is 31.0 Å². The molecule has 0 bridgehead atoms. The molecule has 1 fully saturated rings. The SMILES string of the molecule is Cc1cc(C2CCC2)nc2ccc(F)cc12. The molecule has 1 aromatic heterocycles. The highest BCUT2D eigenvalue weighted by molar-refractivity contribution is 5.82. The fraction of sp³-hybridized carbons (Fsp3) is 0.357. The first-order valence-corrected chi connectivity index (χ1v) is 5.81. The summed E-state index contributed by atoms with van der Waals surface area (Å²) in [5, 5.41) is 0.933. The van der Waals surface area contributed by atoms with E-state index in [9.17, 15) is 4.39 Å². The van der Waals surface area contributed by atoms with Gasteiger partial charge in [0.15, 0.2) is 0 Å². The molecule has 0 saturated heterocycles. The summed E-state index contributed by atoms with van der Waals surface area (Å²) >= 11 is 0. The van der Waals surface area contributed by atoms with Gasteiger partial charge in [-0.05, 0) is 49.6 Å². The zero-order chi connectivity index (χ0) is 11.1. The minimum absolute atomic E-state index is 0.186. The molecular weight excluding hydrogens is 201 g/mol. The monoisotopic (exact) mass is 215 g/mol. The van der Waals surface area contributed by atoms with Crippen LogP contribution in [-0.2, 0) is 0 Å². The fourth-order valence-corrected chi connectivity index (χ4v) is 2.31. The summed E-state index contributed by atoms with van der Waals surface area (Å²) in [6, 6.07) is 6.95. The van der Waals surface area contributed by atoms with Crippen molar-refractivity contribution in [3.8, 4) is 0 Å². The maximum absolute atomic E-state index is 13.1. The average molecular weight is 215 g/mol. The quantitative estimate of drug-likeness (QED) is 0.702. The molecular formula is C14H14FN. The second kappa shape index (κ2) is 3.55. The smallest absolute Gasteiger partial charge is 0.123 e. The highest BCUT2D eigenvalue weighted by Crippen LogP contribution is 2.36. The lowest BCUT2D eigenvalue weighted by Crippen LogP contribution is -2.10. The van der Waals surface area contributed by atoms with Crippen molar-refractivity contribution in [1.29, 1.82) is 0 Å². The summed E-state index contributed by atoms with van der Waals surface area (Å²) in [5.74, 6) is 0.446. The van der Waals surface area contributed by atoms with E-state index in [0.29, 0.717) is 5.92 Å². The third kappa shape index (κ3) is 1.49. The fourth-order valence-electron chi connectivity index (χ4n) is 2.31. The van der Waals surface area contributed by atoms with E-state index in [2.05, 4.69) is 11.1 Å². The Hall–Kier alpha value is -1.44. The highest BCUT2D eigenvalue weighted by Gasteiger charge is 2.21. The van der Waals surface area contributed by atoms with E-state index in [0.717, 1.165) is 16.5 Å². The van der Waals surface area contributed by atoms with Crippen LogP contribution in [0.15, 0.2) is 24.3 Å². The van der Waals surface area contributed by atoms with Gasteiger partial charge in [-0.3, -0.25) is 4.98 Å². The van der Waals surface area contributed by atoms with Crippen LogP contribution in [0, 0.1) is 12.7 Å². The van der Waals surface area contributed by atoms with Gasteiger partial charge in [0, 0.05) is 17.0 Å². The van der Waals surface area contributed by atoms with Crippen LogP contribution in [0.25, 0.3) is 10.9 Å². The van der Waals surface area contributed by atoms with Crippen LogP contribution in [0.2, 0.25) is 0 Å². The molecule has 0 spiro atoms. The lowest BCUT2D eigenvalue weighted by molar-refractivity contribution is 0.412. The largest absolute Gasteiger partial charge is 0.253 e. The molecule has 16 heavy (non-hydrogen) atoms. The second-order valence-electron chi connectivity index (χ2n) is 4.65. The van der Waals surface area contributed by atoms with Crippen molar-refractivity contribution in [2.75, 3.05) is 0 Å². The van der Waals surface area contributed by atoms with Crippen molar-refractivity contribution in [2.45, 2.75) is 32.1 Å². The molecule has 82 valence electrons. The maximum Gasteiger partial charge on any atom is 0.123 e. The Kier molecular flexibility index (Phi) is 2.16. The number of benzene rings is 1. The molecule has 2 heteroatoms. The Balaban J connectivity index is 2.17. The van der Waals surface area contributed by atoms with Crippen LogP contribution in [0.3, 0.4) is 0 Å². The Bertz CT molecular complexity index is 544. The molecule has 1 heterocycles. The van der Waals surface area contributed by atoms with Crippen LogP contribution >= 0.6 is 0 Å². The topological polar surface area (TPSA) is 12.9 Å². The summed E-state index contributed by atoms with van der Waals surface area (Å²) in [7, 11) is 0. The molecule has 1 nitrogen and oxygen atoms in total. The lowest BCUT2D eigenvalue weighted by atomic mass is 9.82. The Labute approximate surface area is 94.3 Å². The number of halogens is 1. The van der Waals surface area contributed by atoms with Gasteiger partial charge in [0.1, 0.15) is 5.82 Å². The molecule has 0 N–H and O–H groups in total. The van der Waals surface area contributed by atoms with Gasteiger partial charge in [-0.2, -0.15) is 0 Å². The zero-order valence-corrected chi connectivity index (χ0v) is 9.33. The minimum atomic E-state index is -0.186. The summed E-state index contributed by atoms with van der Waals surface area (Å²) < 4.78 is 13.1. The molecule has 0 atom stereocenters. The third-order valence-electron chi connectivity index (χ3n) is 3.52. The van der Waals surface area contributed by atoms with Gasteiger partial charge in [0.25, 0.3) is 0 Å². The summed E-state index contributed by atoms with van der Waals surface area (Å²) in [6.07, 6.45) is 3.81. The first kappa shape index (κ1) is 9.76. The van der Waals surface area contributed by atoms with Crippen molar-refractivity contribution in [3.05, 3.63) is 41.3 Å². The molecule has 0 radical (unpaired) electrons. The van der Waals surface area contributed by atoms with E-state index >= 15 is 0 Å². The molecule has 1 saturated carbocycles. The predicted octanol–water partition coefficient (Wildman–Crippen LogP) is 3.95. The number of pyridine rings is 1. The second-order valence-corrected chi connectivity index (χ2v) is 4.65. The van der Waals surface area contributed by atoms with Crippen molar-refractivity contribution < 1.29 is 4.39 Å². The van der Waals surface area contributed by atoms with Crippen LogP contribution in [0.4, 0.5) is 4.39 Å². The molecule has 0 aliphatic heterocycles.